The second-order valence-corrected chi connectivity index (χ2v) is 7.54. The average Bonchev–Trinajstić information content (AvgIpc) is 2.67. The van der Waals surface area contributed by atoms with E-state index in [0.29, 0.717) is 11.3 Å². The number of amides is 4. The van der Waals surface area contributed by atoms with Crippen LogP contribution in [0.4, 0.5) is 25.0 Å². The summed E-state index contributed by atoms with van der Waals surface area (Å²) in [6.07, 6.45) is 0. The van der Waals surface area contributed by atoms with Crippen LogP contribution in [-0.2, 0) is 4.79 Å². The molecule has 160 valence electrons. The molecule has 0 bridgehead atoms. The van der Waals surface area contributed by atoms with Gasteiger partial charge in [-0.05, 0) is 36.4 Å². The Labute approximate surface area is 173 Å². The molecule has 0 fully saturated rings. The number of halogens is 2. The second kappa shape index (κ2) is 9.82. The number of carbonyl (C=O) groups excluding carboxylic acids is 3. The molecule has 9 heteroatoms. The highest BCUT2D eigenvalue weighted by Crippen LogP contribution is 2.18. The summed E-state index contributed by atoms with van der Waals surface area (Å²) in [5, 5.41) is 10.0. The van der Waals surface area contributed by atoms with E-state index in [2.05, 4.69) is 21.3 Å². The second-order valence-electron chi connectivity index (χ2n) is 7.54. The lowest BCUT2D eigenvalue weighted by Crippen LogP contribution is -2.37. The van der Waals surface area contributed by atoms with Crippen LogP contribution in [0.5, 0.6) is 0 Å². The monoisotopic (exact) mass is 418 g/mol. The highest BCUT2D eigenvalue weighted by molar-refractivity contribution is 5.97. The van der Waals surface area contributed by atoms with E-state index in [1.165, 1.54) is 0 Å². The van der Waals surface area contributed by atoms with Gasteiger partial charge in [0, 0.05) is 35.8 Å². The number of carbonyl (C=O) groups is 3. The molecular weight excluding hydrogens is 394 g/mol. The first-order valence-corrected chi connectivity index (χ1v) is 9.26. The molecule has 0 saturated heterocycles. The molecule has 0 atom stereocenters. The van der Waals surface area contributed by atoms with Gasteiger partial charge in [-0.2, -0.15) is 0 Å². The molecule has 30 heavy (non-hydrogen) atoms. The van der Waals surface area contributed by atoms with Crippen molar-refractivity contribution < 1.29 is 23.2 Å². The number of nitrogens with one attached hydrogen (secondary N) is 4. The van der Waals surface area contributed by atoms with E-state index in [-0.39, 0.29) is 30.6 Å². The van der Waals surface area contributed by atoms with Gasteiger partial charge in [0.15, 0.2) is 0 Å². The fourth-order valence-corrected chi connectivity index (χ4v) is 2.24. The van der Waals surface area contributed by atoms with Crippen LogP contribution in [0.1, 0.15) is 31.1 Å². The lowest BCUT2D eigenvalue weighted by Gasteiger charge is -2.17. The minimum absolute atomic E-state index is 0.0776. The van der Waals surface area contributed by atoms with Crippen LogP contribution < -0.4 is 21.3 Å². The number of urea groups is 1. The van der Waals surface area contributed by atoms with Gasteiger partial charge in [-0.1, -0.05) is 20.8 Å². The van der Waals surface area contributed by atoms with Crippen LogP contribution in [0, 0.1) is 17.0 Å². The third-order valence-corrected chi connectivity index (χ3v) is 3.96. The SMILES string of the molecule is CC(C)(C)C(=O)Nc1ccc(C(=O)NCCNC(=O)Nc2cc(F)ccc2F)cc1. The molecule has 0 aromatic heterocycles. The van der Waals surface area contributed by atoms with Gasteiger partial charge in [-0.25, -0.2) is 13.6 Å². The van der Waals surface area contributed by atoms with E-state index in [1.807, 2.05) is 0 Å². The third-order valence-electron chi connectivity index (χ3n) is 3.96. The van der Waals surface area contributed by atoms with Crippen molar-refractivity contribution in [2.45, 2.75) is 20.8 Å². The van der Waals surface area contributed by atoms with Gasteiger partial charge in [-0.3, -0.25) is 9.59 Å². The molecule has 2 aromatic rings. The Morgan fingerprint density at radius 1 is 0.867 bits per heavy atom. The highest BCUT2D eigenvalue weighted by Gasteiger charge is 2.21. The molecule has 2 aromatic carbocycles. The van der Waals surface area contributed by atoms with Gasteiger partial charge in [-0.15, -0.1) is 0 Å². The summed E-state index contributed by atoms with van der Waals surface area (Å²) >= 11 is 0. The van der Waals surface area contributed by atoms with Gasteiger partial charge in [0.25, 0.3) is 5.91 Å². The van der Waals surface area contributed by atoms with Crippen LogP contribution in [0.25, 0.3) is 0 Å². The topological polar surface area (TPSA) is 99.3 Å². The number of benzene rings is 2. The summed E-state index contributed by atoms with van der Waals surface area (Å²) in [5.41, 5.74) is 0.148. The van der Waals surface area contributed by atoms with Gasteiger partial charge < -0.3 is 21.3 Å². The molecule has 0 heterocycles. The number of hydrogen-bond donors (Lipinski definition) is 4. The zero-order chi connectivity index (χ0) is 22.3. The largest absolute Gasteiger partial charge is 0.350 e. The summed E-state index contributed by atoms with van der Waals surface area (Å²) in [6.45, 7) is 5.60. The molecule has 2 rings (SSSR count). The normalized spacial score (nSPS) is 10.8. The maximum absolute atomic E-state index is 13.5. The average molecular weight is 418 g/mol. The van der Waals surface area contributed by atoms with Crippen molar-refractivity contribution in [3.05, 3.63) is 59.7 Å². The quantitative estimate of drug-likeness (QED) is 0.540. The first-order chi connectivity index (χ1) is 14.1. The molecule has 0 aliphatic carbocycles. The zero-order valence-corrected chi connectivity index (χ0v) is 16.9. The third kappa shape index (κ3) is 6.84. The smallest absolute Gasteiger partial charge is 0.319 e. The molecule has 0 saturated carbocycles. The van der Waals surface area contributed by atoms with Gasteiger partial charge in [0.1, 0.15) is 11.6 Å². The molecule has 0 spiro atoms. The lowest BCUT2D eigenvalue weighted by atomic mass is 9.95. The number of rotatable bonds is 6. The van der Waals surface area contributed by atoms with Crippen molar-refractivity contribution >= 4 is 29.2 Å². The molecule has 7 nitrogen and oxygen atoms in total. The number of anilines is 2. The summed E-state index contributed by atoms with van der Waals surface area (Å²) in [7, 11) is 0. The predicted molar refractivity (Wildman–Crippen MR) is 110 cm³/mol. The van der Waals surface area contributed by atoms with Gasteiger partial charge in [0.2, 0.25) is 5.91 Å². The first kappa shape index (κ1) is 22.8. The molecule has 0 aliphatic rings. The Bertz CT molecular complexity index is 925. The molecule has 0 unspecified atom stereocenters. The minimum atomic E-state index is -0.762. The van der Waals surface area contributed by atoms with E-state index in [1.54, 1.807) is 45.0 Å². The first-order valence-electron chi connectivity index (χ1n) is 9.26. The van der Waals surface area contributed by atoms with Crippen molar-refractivity contribution in [2.75, 3.05) is 23.7 Å². The van der Waals surface area contributed by atoms with Crippen molar-refractivity contribution in [2.24, 2.45) is 5.41 Å². The van der Waals surface area contributed by atoms with Crippen LogP contribution in [0.15, 0.2) is 42.5 Å². The predicted octanol–water partition coefficient (Wildman–Crippen LogP) is 3.50. The van der Waals surface area contributed by atoms with E-state index in [0.717, 1.165) is 18.2 Å². The molecule has 4 N–H and O–H groups in total. The lowest BCUT2D eigenvalue weighted by molar-refractivity contribution is -0.123. The van der Waals surface area contributed by atoms with Crippen LogP contribution in [0.3, 0.4) is 0 Å². The maximum Gasteiger partial charge on any atom is 0.319 e. The van der Waals surface area contributed by atoms with E-state index in [9.17, 15) is 23.2 Å². The van der Waals surface area contributed by atoms with Crippen LogP contribution in [0.2, 0.25) is 0 Å². The summed E-state index contributed by atoms with van der Waals surface area (Å²) in [6, 6.07) is 8.37. The standard InChI is InChI=1S/C21H24F2N4O3/c1-21(2,3)19(29)26-15-7-4-13(5-8-15)18(28)24-10-11-25-20(30)27-17-12-14(22)6-9-16(17)23/h4-9,12H,10-11H2,1-3H3,(H,24,28)(H,26,29)(H2,25,27,30). The summed E-state index contributed by atoms with van der Waals surface area (Å²) in [4.78, 5) is 35.8. The Morgan fingerprint density at radius 3 is 2.13 bits per heavy atom. The molecular formula is C21H24F2N4O3. The van der Waals surface area contributed by atoms with E-state index in [4.69, 9.17) is 0 Å². The summed E-state index contributed by atoms with van der Waals surface area (Å²) < 4.78 is 26.6. The highest BCUT2D eigenvalue weighted by atomic mass is 19.1. The Hall–Kier alpha value is -3.49. The zero-order valence-electron chi connectivity index (χ0n) is 16.9. The molecule has 4 amide bonds. The Balaban J connectivity index is 1.76. The van der Waals surface area contributed by atoms with Crippen molar-refractivity contribution in [1.82, 2.24) is 10.6 Å². The Morgan fingerprint density at radius 2 is 1.50 bits per heavy atom. The molecule has 0 radical (unpaired) electrons. The van der Waals surface area contributed by atoms with Crippen LogP contribution >= 0.6 is 0 Å². The number of hydrogen-bond acceptors (Lipinski definition) is 3. The fraction of sp³-hybridized carbons (Fsp3) is 0.286. The van der Waals surface area contributed by atoms with E-state index < -0.39 is 23.1 Å². The minimum Gasteiger partial charge on any atom is -0.350 e. The van der Waals surface area contributed by atoms with Crippen molar-refractivity contribution in [3.63, 3.8) is 0 Å². The van der Waals surface area contributed by atoms with Crippen molar-refractivity contribution in [1.29, 1.82) is 0 Å². The van der Waals surface area contributed by atoms with Gasteiger partial charge >= 0.3 is 6.03 Å². The molecule has 0 aliphatic heterocycles. The van der Waals surface area contributed by atoms with Crippen LogP contribution in [-0.4, -0.2) is 30.9 Å². The van der Waals surface area contributed by atoms with E-state index >= 15 is 0 Å². The Kier molecular flexibility index (Phi) is 7.46. The summed E-state index contributed by atoms with van der Waals surface area (Å²) in [5.74, 6) is -1.94. The van der Waals surface area contributed by atoms with Gasteiger partial charge in [0.05, 0.1) is 5.69 Å². The fourth-order valence-electron chi connectivity index (χ4n) is 2.24. The van der Waals surface area contributed by atoms with Crippen molar-refractivity contribution in [3.8, 4) is 0 Å². The maximum atomic E-state index is 13.5.